The lowest BCUT2D eigenvalue weighted by molar-refractivity contribution is -0.116. The van der Waals surface area contributed by atoms with E-state index in [1.54, 1.807) is 12.1 Å². The van der Waals surface area contributed by atoms with Crippen LogP contribution in [0.15, 0.2) is 24.3 Å². The average Bonchev–Trinajstić information content (AvgIpc) is 2.21. The molecule has 78 valence electrons. The number of hydrogen-bond donors (Lipinski definition) is 1. The summed E-state index contributed by atoms with van der Waals surface area (Å²) in [4.78, 5) is 13.6. The molecule has 1 rings (SSSR count). The number of benzene rings is 1. The van der Waals surface area contributed by atoms with Gasteiger partial charge in [0.2, 0.25) is 0 Å². The first-order chi connectivity index (χ1) is 7.13. The van der Waals surface area contributed by atoms with Crippen LogP contribution < -0.4 is 5.73 Å². The van der Waals surface area contributed by atoms with Crippen LogP contribution in [0, 0.1) is 0 Å². The fourth-order valence-corrected chi connectivity index (χ4v) is 1.26. The molecule has 2 N–H and O–H groups in total. The maximum Gasteiger partial charge on any atom is 0.355 e. The van der Waals surface area contributed by atoms with Crippen LogP contribution in [-0.2, 0) is 11.2 Å². The number of amides is 1. The lowest BCUT2D eigenvalue weighted by Crippen LogP contribution is -2.24. The molecular weight excluding hydrogens is 214 g/mol. The molecule has 4 nitrogen and oxygen atoms in total. The van der Waals surface area contributed by atoms with Gasteiger partial charge in [-0.1, -0.05) is 23.7 Å². The number of hydrogen-bond acceptors (Lipinski definition) is 1. The van der Waals surface area contributed by atoms with Crippen molar-refractivity contribution in [2.24, 2.45) is 5.73 Å². The van der Waals surface area contributed by atoms with Crippen molar-refractivity contribution in [2.45, 2.75) is 12.8 Å². The molecule has 0 aliphatic heterocycles. The maximum absolute atomic E-state index is 10.7. The summed E-state index contributed by atoms with van der Waals surface area (Å²) in [7, 11) is 0. The summed E-state index contributed by atoms with van der Waals surface area (Å²) in [5.41, 5.74) is 14.4. The first kappa shape index (κ1) is 11.4. The van der Waals surface area contributed by atoms with Crippen molar-refractivity contribution in [2.75, 3.05) is 0 Å². The van der Waals surface area contributed by atoms with Crippen LogP contribution in [0.1, 0.15) is 12.0 Å². The number of nitrogens with two attached hydrogens (primary N) is 1. The number of carbonyl (C=O) groups is 1. The molecule has 0 unspecified atom stereocenters. The molecule has 0 aliphatic carbocycles. The van der Waals surface area contributed by atoms with Gasteiger partial charge in [-0.15, -0.1) is 0 Å². The summed E-state index contributed by atoms with van der Waals surface area (Å²) < 4.78 is 0. The number of carbonyl (C=O) groups excluding carboxylic acids is 1. The van der Waals surface area contributed by atoms with Gasteiger partial charge in [-0.3, -0.25) is 4.79 Å². The fraction of sp³-hybridized carbons (Fsp3) is 0.200. The Bertz CT molecular complexity index is 407. The molecule has 1 aromatic rings. The molecular formula is C10H10ClN3O. The molecule has 15 heavy (non-hydrogen) atoms. The van der Waals surface area contributed by atoms with Gasteiger partial charge in [0, 0.05) is 5.02 Å². The van der Waals surface area contributed by atoms with Crippen LogP contribution in [0.2, 0.25) is 5.02 Å². The van der Waals surface area contributed by atoms with Gasteiger partial charge >= 0.3 is 11.6 Å². The van der Waals surface area contributed by atoms with Crippen LogP contribution >= 0.6 is 11.6 Å². The van der Waals surface area contributed by atoms with E-state index >= 15 is 0 Å². The van der Waals surface area contributed by atoms with Crippen molar-refractivity contribution < 1.29 is 9.58 Å². The van der Waals surface area contributed by atoms with E-state index in [9.17, 15) is 4.79 Å². The number of rotatable bonds is 4. The Labute approximate surface area is 92.3 Å². The highest BCUT2D eigenvalue weighted by atomic mass is 35.5. The Hall–Kier alpha value is -1.64. The lowest BCUT2D eigenvalue weighted by Gasteiger charge is -1.97. The molecule has 0 fully saturated rings. The zero-order valence-electron chi connectivity index (χ0n) is 7.98. The van der Waals surface area contributed by atoms with Gasteiger partial charge in [-0.2, -0.15) is 4.79 Å². The highest BCUT2D eigenvalue weighted by Crippen LogP contribution is 2.10. The minimum Gasteiger partial charge on any atom is -0.361 e. The van der Waals surface area contributed by atoms with E-state index in [1.807, 2.05) is 12.1 Å². The zero-order chi connectivity index (χ0) is 11.3. The van der Waals surface area contributed by atoms with Crippen molar-refractivity contribution in [3.05, 3.63) is 40.4 Å². The van der Waals surface area contributed by atoms with Gasteiger partial charge < -0.3 is 11.3 Å². The van der Waals surface area contributed by atoms with Crippen LogP contribution in [0.3, 0.4) is 0 Å². The largest absolute Gasteiger partial charge is 0.361 e. The molecule has 5 heteroatoms. The van der Waals surface area contributed by atoms with Crippen molar-refractivity contribution >= 4 is 23.2 Å². The van der Waals surface area contributed by atoms with Crippen LogP contribution in [0.5, 0.6) is 0 Å². The van der Waals surface area contributed by atoms with Crippen LogP contribution in [0.4, 0.5) is 0 Å². The predicted octanol–water partition coefficient (Wildman–Crippen LogP) is 1.43. The minimum atomic E-state index is -0.702. The summed E-state index contributed by atoms with van der Waals surface area (Å²) >= 11 is 5.71. The van der Waals surface area contributed by atoms with Gasteiger partial charge in [0.15, 0.2) is 0 Å². The predicted molar refractivity (Wildman–Crippen MR) is 57.6 cm³/mol. The van der Waals surface area contributed by atoms with E-state index in [2.05, 4.69) is 4.79 Å². The van der Waals surface area contributed by atoms with E-state index in [-0.39, 0.29) is 5.71 Å². The van der Waals surface area contributed by atoms with E-state index < -0.39 is 5.91 Å². The van der Waals surface area contributed by atoms with Crippen molar-refractivity contribution in [1.29, 1.82) is 0 Å². The van der Waals surface area contributed by atoms with Gasteiger partial charge in [-0.25, -0.2) is 0 Å². The topological polar surface area (TPSA) is 79.5 Å². The summed E-state index contributed by atoms with van der Waals surface area (Å²) in [5, 5.41) is 0.657. The van der Waals surface area contributed by atoms with Crippen LogP contribution in [0.25, 0.3) is 5.53 Å². The Balaban J connectivity index is 2.61. The molecule has 0 saturated carbocycles. The molecule has 0 heterocycles. The van der Waals surface area contributed by atoms with Gasteiger partial charge in [0.05, 0.1) is 6.42 Å². The quantitative estimate of drug-likeness (QED) is 0.468. The smallest absolute Gasteiger partial charge is 0.355 e. The van der Waals surface area contributed by atoms with E-state index in [0.717, 1.165) is 5.56 Å². The zero-order valence-corrected chi connectivity index (χ0v) is 8.74. The van der Waals surface area contributed by atoms with Crippen LogP contribution in [-0.4, -0.2) is 16.4 Å². The normalized spacial score (nSPS) is 9.40. The second-order valence-corrected chi connectivity index (χ2v) is 3.47. The summed E-state index contributed by atoms with van der Waals surface area (Å²) in [6.07, 6.45) is 0.896. The van der Waals surface area contributed by atoms with E-state index in [1.165, 1.54) is 0 Å². The Morgan fingerprint density at radius 1 is 1.40 bits per heavy atom. The first-order valence-electron chi connectivity index (χ1n) is 4.38. The second-order valence-electron chi connectivity index (χ2n) is 3.04. The Kier molecular flexibility index (Phi) is 4.03. The number of nitrogens with zero attached hydrogens (tertiary/aromatic N) is 2. The average molecular weight is 224 g/mol. The molecule has 0 saturated heterocycles. The highest BCUT2D eigenvalue weighted by Gasteiger charge is 2.15. The Morgan fingerprint density at radius 3 is 2.47 bits per heavy atom. The molecule has 0 atom stereocenters. The first-order valence-corrected chi connectivity index (χ1v) is 4.76. The lowest BCUT2D eigenvalue weighted by atomic mass is 10.1. The standard InChI is InChI=1S/C10H10ClN3O/c11-8-4-1-7(2-5-8)3-6-9(14-13)10(12)15/h1-2,4-5H,3,6H2,(H2,12,15). The molecule has 1 amide bonds. The third-order valence-electron chi connectivity index (χ3n) is 1.97. The molecule has 0 bridgehead atoms. The highest BCUT2D eigenvalue weighted by molar-refractivity contribution is 6.35. The Morgan fingerprint density at radius 2 is 2.00 bits per heavy atom. The van der Waals surface area contributed by atoms with Crippen molar-refractivity contribution in [3.63, 3.8) is 0 Å². The summed E-state index contributed by atoms with van der Waals surface area (Å²) in [6, 6.07) is 7.21. The SMILES string of the molecule is [N-]=[N+]=C(CCc1ccc(Cl)cc1)C(N)=O. The minimum absolute atomic E-state index is 0.0232. The third-order valence-corrected chi connectivity index (χ3v) is 2.22. The number of primary amides is 1. The second kappa shape index (κ2) is 5.29. The summed E-state index contributed by atoms with van der Waals surface area (Å²) in [6.45, 7) is 0. The monoisotopic (exact) mass is 223 g/mol. The maximum atomic E-state index is 10.7. The molecule has 0 aromatic heterocycles. The van der Waals surface area contributed by atoms with Gasteiger partial charge in [0.25, 0.3) is 0 Å². The number of halogens is 1. The fourth-order valence-electron chi connectivity index (χ4n) is 1.14. The molecule has 0 aliphatic rings. The van der Waals surface area contributed by atoms with Gasteiger partial charge in [0.1, 0.15) is 0 Å². The van der Waals surface area contributed by atoms with E-state index in [0.29, 0.717) is 17.9 Å². The van der Waals surface area contributed by atoms with E-state index in [4.69, 9.17) is 22.9 Å². The molecule has 0 spiro atoms. The van der Waals surface area contributed by atoms with Crippen molar-refractivity contribution in [3.8, 4) is 0 Å². The number of aryl methyl sites for hydroxylation is 1. The molecule has 0 radical (unpaired) electrons. The third kappa shape index (κ3) is 3.54. The van der Waals surface area contributed by atoms with Gasteiger partial charge in [-0.05, 0) is 24.1 Å². The molecule has 1 aromatic carbocycles. The summed E-state index contributed by atoms with van der Waals surface area (Å²) in [5.74, 6) is -0.702. The van der Waals surface area contributed by atoms with Crippen molar-refractivity contribution in [1.82, 2.24) is 0 Å².